The average Bonchev–Trinajstić information content (AvgIpc) is 3.34. The van der Waals surface area contributed by atoms with Gasteiger partial charge in [0.15, 0.2) is 11.8 Å². The summed E-state index contributed by atoms with van der Waals surface area (Å²) in [6.07, 6.45) is 0.954. The lowest BCUT2D eigenvalue weighted by atomic mass is 10.3. The van der Waals surface area contributed by atoms with Gasteiger partial charge in [0.2, 0.25) is 0 Å². The number of guanidine groups is 1. The van der Waals surface area contributed by atoms with Crippen LogP contribution in [0.25, 0.3) is 0 Å². The summed E-state index contributed by atoms with van der Waals surface area (Å²) in [6, 6.07) is 10.2. The molecule has 3 heterocycles. The number of thiophene rings is 1. The average molecular weight is 540 g/mol. The lowest BCUT2D eigenvalue weighted by Crippen LogP contribution is -2.38. The summed E-state index contributed by atoms with van der Waals surface area (Å²) in [4.78, 5) is 12.7. The molecule has 0 saturated heterocycles. The van der Waals surface area contributed by atoms with Crippen molar-refractivity contribution in [2.45, 2.75) is 26.4 Å². The quantitative estimate of drug-likeness (QED) is 0.260. The smallest absolute Gasteiger partial charge is 0.192 e. The molecule has 8 nitrogen and oxygen atoms in total. The van der Waals surface area contributed by atoms with Crippen molar-refractivity contribution >= 4 is 47.1 Å². The second-order valence-corrected chi connectivity index (χ2v) is 7.91. The summed E-state index contributed by atoms with van der Waals surface area (Å²) < 4.78 is 1.97. The van der Waals surface area contributed by atoms with E-state index in [0.29, 0.717) is 13.1 Å². The van der Waals surface area contributed by atoms with Crippen LogP contribution in [0.15, 0.2) is 40.7 Å². The molecule has 0 fully saturated rings. The van der Waals surface area contributed by atoms with E-state index in [9.17, 15) is 0 Å². The van der Waals surface area contributed by atoms with Crippen LogP contribution < -0.4 is 15.5 Å². The maximum atomic E-state index is 4.72. The monoisotopic (exact) mass is 540 g/mol. The Morgan fingerprint density at radius 1 is 1.17 bits per heavy atom. The first-order valence-electron chi connectivity index (χ1n) is 9.55. The highest BCUT2D eigenvalue weighted by atomic mass is 127. The Labute approximate surface area is 198 Å². The minimum absolute atomic E-state index is 0. The van der Waals surface area contributed by atoms with Crippen LogP contribution in [0.2, 0.25) is 0 Å². The molecular formula is C20H29IN8S. The summed E-state index contributed by atoms with van der Waals surface area (Å²) in [7, 11) is 5.93. The Kier molecular flexibility index (Phi) is 9.50. The van der Waals surface area contributed by atoms with E-state index in [0.717, 1.165) is 42.1 Å². The molecule has 0 unspecified atom stereocenters. The maximum Gasteiger partial charge on any atom is 0.192 e. The van der Waals surface area contributed by atoms with Gasteiger partial charge < -0.3 is 20.1 Å². The standard InChI is InChI=1S/C20H28N8S.HI/c1-15-25-26-19(28(15)4)14-23-20(21-11-10-17-8-6-12-29-17)22-13-16-7-5-9-18(24-16)27(2)3;/h5-9,12H,10-11,13-14H2,1-4H3,(H2,21,22,23);1H. The van der Waals surface area contributed by atoms with Crippen LogP contribution in [-0.4, -0.2) is 46.3 Å². The molecule has 0 spiro atoms. The van der Waals surface area contributed by atoms with Gasteiger partial charge in [-0.1, -0.05) is 12.1 Å². The van der Waals surface area contributed by atoms with Gasteiger partial charge in [-0.05, 0) is 36.9 Å². The fourth-order valence-electron chi connectivity index (χ4n) is 2.67. The van der Waals surface area contributed by atoms with Gasteiger partial charge in [0.25, 0.3) is 0 Å². The molecule has 0 saturated carbocycles. The topological polar surface area (TPSA) is 83.3 Å². The summed E-state index contributed by atoms with van der Waals surface area (Å²) >= 11 is 1.77. The molecule has 30 heavy (non-hydrogen) atoms. The van der Waals surface area contributed by atoms with Gasteiger partial charge in [-0.15, -0.1) is 45.5 Å². The Morgan fingerprint density at radius 3 is 2.67 bits per heavy atom. The van der Waals surface area contributed by atoms with Crippen molar-refractivity contribution in [2.24, 2.45) is 12.0 Å². The van der Waals surface area contributed by atoms with E-state index in [1.807, 2.05) is 55.7 Å². The number of rotatable bonds is 8. The summed E-state index contributed by atoms with van der Waals surface area (Å²) in [5.74, 6) is 3.41. The zero-order valence-corrected chi connectivity index (χ0v) is 20.9. The predicted molar refractivity (Wildman–Crippen MR) is 134 cm³/mol. The highest BCUT2D eigenvalue weighted by Gasteiger charge is 2.07. The van der Waals surface area contributed by atoms with E-state index in [4.69, 9.17) is 4.99 Å². The van der Waals surface area contributed by atoms with Crippen molar-refractivity contribution in [2.75, 3.05) is 25.5 Å². The van der Waals surface area contributed by atoms with Crippen molar-refractivity contribution in [3.8, 4) is 0 Å². The van der Waals surface area contributed by atoms with Gasteiger partial charge in [-0.25, -0.2) is 9.98 Å². The molecule has 10 heteroatoms. The van der Waals surface area contributed by atoms with Crippen molar-refractivity contribution in [1.29, 1.82) is 0 Å². The van der Waals surface area contributed by atoms with E-state index in [2.05, 4.69) is 43.3 Å². The summed E-state index contributed by atoms with van der Waals surface area (Å²) in [5, 5.41) is 17.2. The normalized spacial score (nSPS) is 11.1. The zero-order valence-electron chi connectivity index (χ0n) is 17.8. The largest absolute Gasteiger partial charge is 0.363 e. The highest BCUT2D eigenvalue weighted by Crippen LogP contribution is 2.09. The van der Waals surface area contributed by atoms with Crippen molar-refractivity contribution < 1.29 is 0 Å². The van der Waals surface area contributed by atoms with Gasteiger partial charge in [-0.3, -0.25) is 0 Å². The van der Waals surface area contributed by atoms with Crippen LogP contribution in [0.5, 0.6) is 0 Å². The maximum absolute atomic E-state index is 4.72. The highest BCUT2D eigenvalue weighted by molar-refractivity contribution is 14.0. The van der Waals surface area contributed by atoms with Crippen LogP contribution in [-0.2, 0) is 26.6 Å². The minimum atomic E-state index is 0. The van der Waals surface area contributed by atoms with E-state index in [1.165, 1.54) is 4.88 Å². The number of halogens is 1. The third-order valence-corrected chi connectivity index (χ3v) is 5.43. The van der Waals surface area contributed by atoms with Crippen molar-refractivity contribution in [3.63, 3.8) is 0 Å². The SMILES string of the molecule is Cc1nnc(CNC(=NCc2cccc(N(C)C)n2)NCCc2cccs2)n1C.I. The van der Waals surface area contributed by atoms with Crippen LogP contribution in [0.3, 0.4) is 0 Å². The van der Waals surface area contributed by atoms with Crippen LogP contribution >= 0.6 is 35.3 Å². The Hall–Kier alpha value is -2.21. The molecule has 0 radical (unpaired) electrons. The van der Waals surface area contributed by atoms with Gasteiger partial charge >= 0.3 is 0 Å². The first-order valence-corrected chi connectivity index (χ1v) is 10.4. The molecule has 0 aromatic carbocycles. The minimum Gasteiger partial charge on any atom is -0.363 e. The number of aliphatic imine (C=N–C) groups is 1. The Morgan fingerprint density at radius 2 is 2.00 bits per heavy atom. The molecule has 0 aliphatic carbocycles. The van der Waals surface area contributed by atoms with Gasteiger partial charge in [0.05, 0.1) is 18.8 Å². The molecule has 162 valence electrons. The molecule has 0 aliphatic heterocycles. The molecule has 0 atom stereocenters. The zero-order chi connectivity index (χ0) is 20.6. The molecule has 2 N–H and O–H groups in total. The fraction of sp³-hybridized carbons (Fsp3) is 0.400. The number of pyridine rings is 1. The second-order valence-electron chi connectivity index (χ2n) is 6.88. The van der Waals surface area contributed by atoms with Crippen molar-refractivity contribution in [3.05, 3.63) is 57.9 Å². The molecule has 0 aliphatic rings. The number of aryl methyl sites for hydroxylation is 1. The number of anilines is 1. The molecule has 0 amide bonds. The van der Waals surface area contributed by atoms with Crippen LogP contribution in [0, 0.1) is 6.92 Å². The van der Waals surface area contributed by atoms with Crippen molar-refractivity contribution in [1.82, 2.24) is 30.4 Å². The second kappa shape index (κ2) is 11.8. The summed E-state index contributed by atoms with van der Waals surface area (Å²) in [5.41, 5.74) is 0.921. The lowest BCUT2D eigenvalue weighted by Gasteiger charge is -2.13. The molecule has 3 aromatic rings. The molecular weight excluding hydrogens is 511 g/mol. The summed E-state index contributed by atoms with van der Waals surface area (Å²) in [6.45, 7) is 3.78. The van der Waals surface area contributed by atoms with E-state index in [1.54, 1.807) is 11.3 Å². The number of hydrogen-bond donors (Lipinski definition) is 2. The number of hydrogen-bond acceptors (Lipinski definition) is 6. The van der Waals surface area contributed by atoms with Gasteiger partial charge in [0, 0.05) is 32.6 Å². The Balaban J connectivity index is 0.00000320. The number of aromatic nitrogens is 4. The van der Waals surface area contributed by atoms with E-state index >= 15 is 0 Å². The van der Waals surface area contributed by atoms with E-state index in [-0.39, 0.29) is 24.0 Å². The molecule has 3 rings (SSSR count). The number of nitrogens with one attached hydrogen (secondary N) is 2. The molecule has 3 aromatic heterocycles. The predicted octanol–water partition coefficient (Wildman–Crippen LogP) is 2.74. The van der Waals surface area contributed by atoms with E-state index < -0.39 is 0 Å². The fourth-order valence-corrected chi connectivity index (χ4v) is 3.37. The first-order chi connectivity index (χ1) is 14.0. The third kappa shape index (κ3) is 6.94. The van der Waals surface area contributed by atoms with Crippen LogP contribution in [0.1, 0.15) is 22.2 Å². The van der Waals surface area contributed by atoms with Crippen LogP contribution in [0.4, 0.5) is 5.82 Å². The van der Waals surface area contributed by atoms with Gasteiger partial charge in [-0.2, -0.15) is 0 Å². The number of nitrogens with zero attached hydrogens (tertiary/aromatic N) is 6. The molecule has 0 bridgehead atoms. The van der Waals surface area contributed by atoms with Gasteiger partial charge in [0.1, 0.15) is 11.6 Å². The third-order valence-electron chi connectivity index (χ3n) is 4.49. The Bertz CT molecular complexity index is 936. The first kappa shape index (κ1) is 24.1. The lowest BCUT2D eigenvalue weighted by molar-refractivity contribution is 0.713.